The summed E-state index contributed by atoms with van der Waals surface area (Å²) < 4.78 is 6.76. The highest BCUT2D eigenvalue weighted by molar-refractivity contribution is 7.20. The van der Waals surface area contributed by atoms with Crippen LogP contribution in [0, 0.1) is 6.92 Å². The summed E-state index contributed by atoms with van der Waals surface area (Å²) in [5.41, 5.74) is 0.843. The minimum Gasteiger partial charge on any atom is -0.476 e. The van der Waals surface area contributed by atoms with E-state index in [4.69, 9.17) is 4.74 Å². The molecule has 1 aliphatic heterocycles. The Bertz CT molecular complexity index is 935. The summed E-state index contributed by atoms with van der Waals surface area (Å²) in [6.07, 6.45) is 3.66. The summed E-state index contributed by atoms with van der Waals surface area (Å²) >= 11 is 1.39. The van der Waals surface area contributed by atoms with Gasteiger partial charge < -0.3 is 15.0 Å². The van der Waals surface area contributed by atoms with Crippen molar-refractivity contribution in [3.63, 3.8) is 0 Å². The second-order valence-corrected chi connectivity index (χ2v) is 7.78. The highest BCUT2D eigenvalue weighted by Gasteiger charge is 2.15. The molecule has 0 spiro atoms. The van der Waals surface area contributed by atoms with Crippen molar-refractivity contribution >= 4 is 33.3 Å². The van der Waals surface area contributed by atoms with E-state index in [1.165, 1.54) is 30.6 Å². The molecule has 4 rings (SSSR count). The number of hydrogen-bond donors (Lipinski definition) is 1. The molecule has 1 fully saturated rings. The normalized spacial score (nSPS) is 14.2. The van der Waals surface area contributed by atoms with E-state index in [2.05, 4.69) is 25.2 Å². The number of carbonyl (C=O) groups is 1. The second kappa shape index (κ2) is 8.52. The van der Waals surface area contributed by atoms with Gasteiger partial charge in [-0.05, 0) is 38.3 Å². The van der Waals surface area contributed by atoms with Crippen molar-refractivity contribution in [2.24, 2.45) is 0 Å². The van der Waals surface area contributed by atoms with E-state index >= 15 is 0 Å². The molecule has 7 nitrogen and oxygen atoms in total. The fraction of sp³-hybridized carbons (Fsp3) is 0.400. The fourth-order valence-electron chi connectivity index (χ4n) is 3.25. The Morgan fingerprint density at radius 2 is 2.00 bits per heavy atom. The average Bonchev–Trinajstić information content (AvgIpc) is 3.16. The van der Waals surface area contributed by atoms with Gasteiger partial charge in [-0.15, -0.1) is 11.3 Å². The Labute approximate surface area is 167 Å². The minimum absolute atomic E-state index is 0.183. The molecule has 1 saturated heterocycles. The van der Waals surface area contributed by atoms with E-state index in [1.807, 2.05) is 37.3 Å². The van der Waals surface area contributed by atoms with Gasteiger partial charge >= 0.3 is 0 Å². The number of aromatic nitrogens is 3. The molecule has 8 heteroatoms. The van der Waals surface area contributed by atoms with Crippen LogP contribution in [0.25, 0.3) is 10.2 Å². The van der Waals surface area contributed by atoms with Crippen LogP contribution in [0.1, 0.15) is 34.9 Å². The third-order valence-corrected chi connectivity index (χ3v) is 5.64. The summed E-state index contributed by atoms with van der Waals surface area (Å²) in [4.78, 5) is 27.8. The molecule has 0 bridgehead atoms. The lowest BCUT2D eigenvalue weighted by atomic mass is 10.1. The fourth-order valence-corrected chi connectivity index (χ4v) is 4.13. The van der Waals surface area contributed by atoms with Crippen LogP contribution >= 0.6 is 11.3 Å². The summed E-state index contributed by atoms with van der Waals surface area (Å²) in [5.74, 6) is 1.97. The van der Waals surface area contributed by atoms with Crippen molar-refractivity contribution in [1.82, 2.24) is 20.3 Å². The maximum Gasteiger partial charge on any atom is 0.280 e. The van der Waals surface area contributed by atoms with E-state index < -0.39 is 0 Å². The van der Waals surface area contributed by atoms with Gasteiger partial charge in [-0.25, -0.2) is 9.97 Å². The predicted molar refractivity (Wildman–Crippen MR) is 110 cm³/mol. The first kappa shape index (κ1) is 18.6. The minimum atomic E-state index is -0.183. The van der Waals surface area contributed by atoms with E-state index in [0.29, 0.717) is 29.9 Å². The summed E-state index contributed by atoms with van der Waals surface area (Å²) in [7, 11) is 0. The summed E-state index contributed by atoms with van der Waals surface area (Å²) in [6.45, 7) is 4.64. The van der Waals surface area contributed by atoms with Gasteiger partial charge in [-0.2, -0.15) is 4.98 Å². The molecule has 1 amide bonds. The van der Waals surface area contributed by atoms with Crippen molar-refractivity contribution < 1.29 is 9.53 Å². The van der Waals surface area contributed by atoms with Crippen molar-refractivity contribution in [2.45, 2.75) is 26.2 Å². The number of benzene rings is 1. The largest absolute Gasteiger partial charge is 0.476 e. The van der Waals surface area contributed by atoms with Crippen LogP contribution in [0.3, 0.4) is 0 Å². The zero-order chi connectivity index (χ0) is 19.3. The van der Waals surface area contributed by atoms with E-state index in [0.717, 1.165) is 29.1 Å². The average molecular weight is 398 g/mol. The third kappa shape index (κ3) is 4.39. The predicted octanol–water partition coefficient (Wildman–Crippen LogP) is 3.19. The van der Waals surface area contributed by atoms with Gasteiger partial charge in [0.1, 0.15) is 18.2 Å². The number of rotatable bonds is 6. The number of amides is 1. The number of nitrogens with one attached hydrogen (secondary N) is 1. The molecule has 0 radical (unpaired) electrons. The Morgan fingerprint density at radius 3 is 2.82 bits per heavy atom. The van der Waals surface area contributed by atoms with Gasteiger partial charge in [0.25, 0.3) is 5.91 Å². The molecule has 0 aliphatic carbocycles. The molecular weight excluding hydrogens is 374 g/mol. The highest BCUT2D eigenvalue weighted by Crippen LogP contribution is 2.22. The first-order valence-electron chi connectivity index (χ1n) is 9.56. The number of fused-ring (bicyclic) bond motifs is 1. The number of carbonyl (C=O) groups excluding carboxylic acids is 1. The number of anilines is 1. The number of para-hydroxylation sites is 1. The van der Waals surface area contributed by atoms with Gasteiger partial charge in [0.2, 0.25) is 5.88 Å². The highest BCUT2D eigenvalue weighted by atomic mass is 32.1. The second-order valence-electron chi connectivity index (χ2n) is 6.75. The maximum atomic E-state index is 12.3. The third-order valence-electron chi connectivity index (χ3n) is 4.61. The van der Waals surface area contributed by atoms with Crippen LogP contribution in [-0.2, 0) is 0 Å². The molecule has 0 saturated carbocycles. The van der Waals surface area contributed by atoms with Gasteiger partial charge in [0.15, 0.2) is 5.01 Å². The van der Waals surface area contributed by atoms with Gasteiger partial charge in [-0.3, -0.25) is 4.79 Å². The lowest BCUT2D eigenvalue weighted by Gasteiger charge is -2.28. The lowest BCUT2D eigenvalue weighted by molar-refractivity contribution is 0.0946. The van der Waals surface area contributed by atoms with Crippen LogP contribution in [0.5, 0.6) is 5.88 Å². The Morgan fingerprint density at radius 1 is 1.18 bits per heavy atom. The Kier molecular flexibility index (Phi) is 5.66. The zero-order valence-electron chi connectivity index (χ0n) is 15.9. The molecule has 1 aliphatic rings. The van der Waals surface area contributed by atoms with Gasteiger partial charge in [0.05, 0.1) is 16.8 Å². The van der Waals surface area contributed by atoms with Crippen LogP contribution in [-0.4, -0.2) is 47.1 Å². The number of ether oxygens (including phenoxy) is 1. The number of piperidine rings is 1. The number of nitrogens with zero attached hydrogens (tertiary/aromatic N) is 4. The lowest BCUT2D eigenvalue weighted by Crippen LogP contribution is -2.30. The first-order valence-corrected chi connectivity index (χ1v) is 10.4. The molecule has 3 heterocycles. The van der Waals surface area contributed by atoms with Gasteiger partial charge in [-0.1, -0.05) is 12.1 Å². The van der Waals surface area contributed by atoms with E-state index in [1.54, 1.807) is 0 Å². The quantitative estimate of drug-likeness (QED) is 0.644. The number of aryl methyl sites for hydroxylation is 1. The number of hydrogen-bond acceptors (Lipinski definition) is 7. The zero-order valence-corrected chi connectivity index (χ0v) is 16.7. The van der Waals surface area contributed by atoms with Crippen molar-refractivity contribution in [2.75, 3.05) is 31.1 Å². The van der Waals surface area contributed by atoms with E-state index in [-0.39, 0.29) is 5.91 Å². The standard InChI is InChI=1S/C20H23N5O2S/c1-14-22-17(25-10-5-2-6-11-25)13-18(23-14)27-12-9-21-19(26)20-24-15-7-3-4-8-16(15)28-20/h3-4,7-8,13H,2,5-6,9-12H2,1H3,(H,21,26). The molecule has 146 valence electrons. The van der Waals surface area contributed by atoms with Gasteiger partial charge in [0, 0.05) is 19.2 Å². The Hall–Kier alpha value is -2.74. The molecule has 28 heavy (non-hydrogen) atoms. The first-order chi connectivity index (χ1) is 13.7. The molecule has 0 unspecified atom stereocenters. The van der Waals surface area contributed by atoms with Crippen LogP contribution < -0.4 is 15.0 Å². The molecule has 0 atom stereocenters. The SMILES string of the molecule is Cc1nc(OCCNC(=O)c2nc3ccccc3s2)cc(N2CCCCC2)n1. The van der Waals surface area contributed by atoms with Crippen LogP contribution in [0.15, 0.2) is 30.3 Å². The molecule has 3 aromatic rings. The van der Waals surface area contributed by atoms with Crippen molar-refractivity contribution in [1.29, 1.82) is 0 Å². The smallest absolute Gasteiger partial charge is 0.280 e. The summed E-state index contributed by atoms with van der Waals surface area (Å²) in [5, 5.41) is 3.32. The monoisotopic (exact) mass is 397 g/mol. The van der Waals surface area contributed by atoms with Crippen LogP contribution in [0.4, 0.5) is 5.82 Å². The molecular formula is C20H23N5O2S. The molecule has 2 aromatic heterocycles. The topological polar surface area (TPSA) is 80.2 Å². The maximum absolute atomic E-state index is 12.3. The number of thiazole rings is 1. The van der Waals surface area contributed by atoms with Crippen molar-refractivity contribution in [3.05, 3.63) is 41.2 Å². The molecule has 1 aromatic carbocycles. The van der Waals surface area contributed by atoms with E-state index in [9.17, 15) is 4.79 Å². The van der Waals surface area contributed by atoms with Crippen molar-refractivity contribution in [3.8, 4) is 5.88 Å². The Balaban J connectivity index is 1.31. The summed E-state index contributed by atoms with van der Waals surface area (Å²) in [6, 6.07) is 9.61. The molecule has 1 N–H and O–H groups in total. The van der Waals surface area contributed by atoms with Crippen LogP contribution in [0.2, 0.25) is 0 Å².